The lowest BCUT2D eigenvalue weighted by molar-refractivity contribution is 0.117. The number of fused-ring (bicyclic) bond motifs is 1. The molecule has 2 rings (SSSR count). The van der Waals surface area contributed by atoms with Crippen LogP contribution >= 0.6 is 0 Å². The third-order valence-electron chi connectivity index (χ3n) is 4.66. The first-order valence-corrected chi connectivity index (χ1v) is 11.2. The van der Waals surface area contributed by atoms with Crippen LogP contribution in [0.3, 0.4) is 0 Å². The second-order valence-corrected chi connectivity index (χ2v) is 12.4. The van der Waals surface area contributed by atoms with Crippen molar-refractivity contribution in [1.82, 2.24) is 4.98 Å². The van der Waals surface area contributed by atoms with Gasteiger partial charge in [-0.2, -0.15) is 0 Å². The number of nitrogens with zero attached hydrogens (tertiary/aromatic N) is 1. The van der Waals surface area contributed by atoms with Crippen LogP contribution in [0.1, 0.15) is 40.0 Å². The average Bonchev–Trinajstić information content (AvgIpc) is 2.81. The summed E-state index contributed by atoms with van der Waals surface area (Å²) in [5.41, 5.74) is 1.63. The average molecular weight is 336 g/mol. The second-order valence-electron chi connectivity index (χ2n) is 7.58. The molecule has 128 valence electrons. The summed E-state index contributed by atoms with van der Waals surface area (Å²) in [6, 6.07) is 5.78. The van der Waals surface area contributed by atoms with Crippen molar-refractivity contribution in [2.75, 3.05) is 6.61 Å². The van der Waals surface area contributed by atoms with E-state index < -0.39 is 8.32 Å². The summed E-state index contributed by atoms with van der Waals surface area (Å²) in [6.07, 6.45) is 0.952. The molecular weight excluding hydrogens is 306 g/mol. The van der Waals surface area contributed by atoms with Crippen molar-refractivity contribution in [3.05, 3.63) is 24.1 Å². The molecule has 0 N–H and O–H groups in total. The fourth-order valence-corrected chi connectivity index (χ4v) is 3.07. The van der Waals surface area contributed by atoms with Gasteiger partial charge in [0.15, 0.2) is 19.8 Å². The molecule has 0 aliphatic carbocycles. The van der Waals surface area contributed by atoms with E-state index in [0.29, 0.717) is 12.5 Å². The van der Waals surface area contributed by atoms with Gasteiger partial charge in [0.2, 0.25) is 0 Å². The number of aromatic nitrogens is 1. The summed E-state index contributed by atoms with van der Waals surface area (Å²) in [7, 11) is -1.75. The molecule has 0 fully saturated rings. The van der Waals surface area contributed by atoms with Crippen LogP contribution in [0.15, 0.2) is 22.6 Å². The van der Waals surface area contributed by atoms with Gasteiger partial charge in [-0.3, -0.25) is 0 Å². The Bertz CT molecular complexity index is 658. The van der Waals surface area contributed by atoms with E-state index in [9.17, 15) is 0 Å². The highest BCUT2D eigenvalue weighted by Crippen LogP contribution is 2.36. The summed E-state index contributed by atoms with van der Waals surface area (Å²) in [5.74, 6) is 1.48. The fourth-order valence-electron chi connectivity index (χ4n) is 2.04. The molecule has 0 radical (unpaired) electrons. The smallest absolute Gasteiger partial charge is 0.192 e. The van der Waals surface area contributed by atoms with E-state index in [1.54, 1.807) is 0 Å². The highest BCUT2D eigenvalue weighted by Gasteiger charge is 2.37. The monoisotopic (exact) mass is 335 g/mol. The quantitative estimate of drug-likeness (QED) is 0.671. The van der Waals surface area contributed by atoms with Gasteiger partial charge in [-0.1, -0.05) is 27.7 Å². The summed E-state index contributed by atoms with van der Waals surface area (Å²) in [5, 5.41) is 0.210. The van der Waals surface area contributed by atoms with E-state index in [0.717, 1.165) is 23.3 Å². The predicted octanol–water partition coefficient (Wildman–Crippen LogP) is 5.32. The lowest BCUT2D eigenvalue weighted by atomic mass is 10.2. The number of rotatable bonds is 6. The lowest BCUT2D eigenvalue weighted by Gasteiger charge is -2.37. The van der Waals surface area contributed by atoms with Crippen molar-refractivity contribution in [2.24, 2.45) is 0 Å². The molecule has 0 aliphatic heterocycles. The van der Waals surface area contributed by atoms with Crippen molar-refractivity contribution in [2.45, 2.75) is 65.3 Å². The number of hydrogen-bond donors (Lipinski definition) is 0. The standard InChI is InChI=1S/C18H29NO3Si/c1-8-14(12-20-23(6,7)18(3,4)5)22-15-9-10-16-17(11-15)21-13(2)19-16/h9-11,14H,8,12H2,1-7H3. The van der Waals surface area contributed by atoms with E-state index in [1.807, 2.05) is 25.1 Å². The molecule has 0 saturated heterocycles. The van der Waals surface area contributed by atoms with Crippen LogP contribution in [-0.4, -0.2) is 26.0 Å². The Morgan fingerprint density at radius 2 is 1.96 bits per heavy atom. The molecule has 0 spiro atoms. The Labute approximate surface area is 140 Å². The molecule has 4 nitrogen and oxygen atoms in total. The number of benzene rings is 1. The van der Waals surface area contributed by atoms with E-state index >= 15 is 0 Å². The van der Waals surface area contributed by atoms with E-state index in [4.69, 9.17) is 13.6 Å². The molecule has 1 aromatic heterocycles. The number of ether oxygens (including phenoxy) is 1. The first-order chi connectivity index (χ1) is 10.6. The predicted molar refractivity (Wildman–Crippen MR) is 96.6 cm³/mol. The lowest BCUT2D eigenvalue weighted by Crippen LogP contribution is -2.43. The van der Waals surface area contributed by atoms with Gasteiger partial charge in [0.05, 0.1) is 6.61 Å². The van der Waals surface area contributed by atoms with Crippen molar-refractivity contribution in [3.8, 4) is 5.75 Å². The van der Waals surface area contributed by atoms with Gasteiger partial charge in [-0.05, 0) is 36.7 Å². The van der Waals surface area contributed by atoms with E-state index in [1.165, 1.54) is 0 Å². The second kappa shape index (κ2) is 6.65. The van der Waals surface area contributed by atoms with Crippen LogP contribution in [0.4, 0.5) is 0 Å². The summed E-state index contributed by atoms with van der Waals surface area (Å²) < 4.78 is 18.0. The molecule has 1 aromatic carbocycles. The molecular formula is C18H29NO3Si. The maximum atomic E-state index is 6.29. The first-order valence-electron chi connectivity index (χ1n) is 8.30. The van der Waals surface area contributed by atoms with E-state index in [-0.39, 0.29) is 11.1 Å². The SMILES string of the molecule is CCC(CO[Si](C)(C)C(C)(C)C)Oc1ccc2nc(C)oc2c1. The Morgan fingerprint density at radius 3 is 2.57 bits per heavy atom. The third kappa shape index (κ3) is 4.35. The molecule has 5 heteroatoms. The van der Waals surface area contributed by atoms with Crippen molar-refractivity contribution in [1.29, 1.82) is 0 Å². The largest absolute Gasteiger partial charge is 0.488 e. The van der Waals surface area contributed by atoms with Gasteiger partial charge in [-0.15, -0.1) is 0 Å². The summed E-state index contributed by atoms with van der Waals surface area (Å²) >= 11 is 0. The molecule has 2 aromatic rings. The Kier molecular flexibility index (Phi) is 5.21. The van der Waals surface area contributed by atoms with Crippen LogP contribution in [0, 0.1) is 6.92 Å². The minimum atomic E-state index is -1.75. The van der Waals surface area contributed by atoms with Crippen LogP contribution in [0.5, 0.6) is 5.75 Å². The zero-order chi connectivity index (χ0) is 17.3. The maximum absolute atomic E-state index is 6.29. The van der Waals surface area contributed by atoms with Gasteiger partial charge >= 0.3 is 0 Å². The number of hydrogen-bond acceptors (Lipinski definition) is 4. The van der Waals surface area contributed by atoms with Gasteiger partial charge in [-0.25, -0.2) is 4.98 Å². The minimum Gasteiger partial charge on any atom is -0.488 e. The van der Waals surface area contributed by atoms with Crippen molar-refractivity contribution in [3.63, 3.8) is 0 Å². The minimum absolute atomic E-state index is 0.0468. The topological polar surface area (TPSA) is 44.5 Å². The van der Waals surface area contributed by atoms with Crippen molar-refractivity contribution >= 4 is 19.4 Å². The highest BCUT2D eigenvalue weighted by atomic mass is 28.4. The summed E-state index contributed by atoms with van der Waals surface area (Å²) in [6.45, 7) is 15.9. The molecule has 0 bridgehead atoms. The van der Waals surface area contributed by atoms with E-state index in [2.05, 4.69) is 45.8 Å². The maximum Gasteiger partial charge on any atom is 0.192 e. The molecule has 0 amide bonds. The Balaban J connectivity index is 2.03. The molecule has 1 atom stereocenters. The Hall–Kier alpha value is -1.33. The van der Waals surface area contributed by atoms with Crippen LogP contribution in [0.25, 0.3) is 11.1 Å². The molecule has 0 aliphatic rings. The number of aryl methyl sites for hydroxylation is 1. The molecule has 0 saturated carbocycles. The zero-order valence-corrected chi connectivity index (χ0v) is 16.4. The molecule has 1 unspecified atom stereocenters. The van der Waals surface area contributed by atoms with Crippen molar-refractivity contribution < 1.29 is 13.6 Å². The summed E-state index contributed by atoms with van der Waals surface area (Å²) in [4.78, 5) is 4.31. The first kappa shape index (κ1) is 18.0. The Morgan fingerprint density at radius 1 is 1.26 bits per heavy atom. The van der Waals surface area contributed by atoms with Crippen LogP contribution in [-0.2, 0) is 4.43 Å². The van der Waals surface area contributed by atoms with Crippen LogP contribution in [0.2, 0.25) is 18.1 Å². The molecule has 23 heavy (non-hydrogen) atoms. The van der Waals surface area contributed by atoms with Gasteiger partial charge in [0.1, 0.15) is 17.4 Å². The van der Waals surface area contributed by atoms with Gasteiger partial charge in [0.25, 0.3) is 0 Å². The number of oxazole rings is 1. The third-order valence-corrected chi connectivity index (χ3v) is 9.16. The van der Waals surface area contributed by atoms with Crippen LogP contribution < -0.4 is 4.74 Å². The highest BCUT2D eigenvalue weighted by molar-refractivity contribution is 6.74. The zero-order valence-electron chi connectivity index (χ0n) is 15.4. The van der Waals surface area contributed by atoms with Gasteiger partial charge < -0.3 is 13.6 Å². The molecule has 1 heterocycles. The normalized spacial score (nSPS) is 14.2. The fraction of sp³-hybridized carbons (Fsp3) is 0.611. The van der Waals surface area contributed by atoms with Gasteiger partial charge in [0, 0.05) is 13.0 Å².